The van der Waals surface area contributed by atoms with E-state index in [1.165, 1.54) is 26.5 Å². The molecular weight excluding hydrogens is 971 g/mol. The van der Waals surface area contributed by atoms with Crippen molar-refractivity contribution in [3.05, 3.63) is 35.9 Å². The van der Waals surface area contributed by atoms with Gasteiger partial charge in [0.05, 0.1) is 13.0 Å². The Morgan fingerprint density at radius 3 is 2.01 bits per heavy atom. The first-order valence-electron chi connectivity index (χ1n) is 24.5. The van der Waals surface area contributed by atoms with Crippen molar-refractivity contribution in [1.29, 1.82) is 0 Å². The smallest absolute Gasteiger partial charge is 0.246 e. The number of hydrogen-bond acceptors (Lipinski definition) is 13. The van der Waals surface area contributed by atoms with Crippen LogP contribution in [0, 0.1) is 11.8 Å². The largest absolute Gasteiger partial charge is 0.370 e. The molecule has 3 aliphatic rings. The van der Waals surface area contributed by atoms with Gasteiger partial charge in [-0.15, -0.1) is 0 Å². The predicted molar refractivity (Wildman–Crippen MR) is 273 cm³/mol. The fourth-order valence-electron chi connectivity index (χ4n) is 8.83. The number of nitrogens with zero attached hydrogens (tertiary/aromatic N) is 2. The zero-order valence-corrected chi connectivity index (χ0v) is 43.1. The third-order valence-electron chi connectivity index (χ3n) is 12.7. The van der Waals surface area contributed by atoms with Crippen LogP contribution in [0.15, 0.2) is 35.3 Å². The molecule has 0 radical (unpaired) electrons. The molecule has 0 unspecified atom stereocenters. The van der Waals surface area contributed by atoms with E-state index in [-0.39, 0.29) is 56.9 Å². The molecule has 398 valence electrons. The molecule has 1 aromatic carbocycles. The third-order valence-corrected chi connectivity index (χ3v) is 16.0. The highest BCUT2D eigenvalue weighted by molar-refractivity contribution is 8.77. The van der Waals surface area contributed by atoms with Gasteiger partial charge in [-0.05, 0) is 55.9 Å². The summed E-state index contributed by atoms with van der Waals surface area (Å²) in [6, 6.07) is 0.0324. The number of primary amides is 2. The van der Waals surface area contributed by atoms with Crippen LogP contribution in [0.2, 0.25) is 0 Å². The lowest BCUT2D eigenvalue weighted by molar-refractivity contribution is -0.142. The fraction of sp³-hybridized carbons (Fsp3) is 0.638. The summed E-state index contributed by atoms with van der Waals surface area (Å²) in [5.74, 6) is -8.66. The van der Waals surface area contributed by atoms with Crippen LogP contribution >= 0.6 is 21.6 Å². The predicted octanol–water partition coefficient (Wildman–Crippen LogP) is -1.54. The van der Waals surface area contributed by atoms with Crippen molar-refractivity contribution in [3.8, 4) is 0 Å². The zero-order chi connectivity index (χ0) is 53.1. The van der Waals surface area contributed by atoms with Crippen LogP contribution in [0.25, 0.3) is 0 Å². The Morgan fingerprint density at radius 2 is 1.40 bits per heavy atom. The van der Waals surface area contributed by atoms with E-state index in [1.54, 1.807) is 58.0 Å². The third kappa shape index (κ3) is 18.2. The van der Waals surface area contributed by atoms with Crippen molar-refractivity contribution in [2.24, 2.45) is 39.8 Å². The number of likely N-dealkylation sites (tertiary alicyclic amines) is 1. The van der Waals surface area contributed by atoms with Crippen LogP contribution in [0.4, 0.5) is 0 Å². The summed E-state index contributed by atoms with van der Waals surface area (Å²) in [5.41, 5.74) is 22.4. The van der Waals surface area contributed by atoms with Gasteiger partial charge in [0.1, 0.15) is 42.3 Å². The van der Waals surface area contributed by atoms with E-state index in [0.29, 0.717) is 24.8 Å². The van der Waals surface area contributed by atoms with Gasteiger partial charge in [-0.2, -0.15) is 0 Å². The van der Waals surface area contributed by atoms with Gasteiger partial charge in [-0.25, -0.2) is 0 Å². The van der Waals surface area contributed by atoms with E-state index in [1.807, 2.05) is 0 Å². The molecule has 0 bridgehead atoms. The maximum absolute atomic E-state index is 14.8. The van der Waals surface area contributed by atoms with Gasteiger partial charge in [0, 0.05) is 36.4 Å². The van der Waals surface area contributed by atoms with Crippen molar-refractivity contribution in [3.63, 3.8) is 0 Å². The van der Waals surface area contributed by atoms with Crippen molar-refractivity contribution < 1.29 is 47.9 Å². The number of benzene rings is 1. The summed E-state index contributed by atoms with van der Waals surface area (Å²) >= 11 is 0. The maximum atomic E-state index is 14.8. The fourth-order valence-corrected chi connectivity index (χ4v) is 12.2. The second-order valence-electron chi connectivity index (χ2n) is 19.2. The summed E-state index contributed by atoms with van der Waals surface area (Å²) < 4.78 is -0.658. The monoisotopic (exact) mass is 1040 g/mol. The highest BCUT2D eigenvalue weighted by Crippen LogP contribution is 2.48. The number of nitrogens with two attached hydrogens (primary N) is 4. The van der Waals surface area contributed by atoms with Crippen LogP contribution < -0.4 is 60.2 Å². The lowest BCUT2D eigenvalue weighted by Crippen LogP contribution is -2.62. The van der Waals surface area contributed by atoms with Gasteiger partial charge in [0.15, 0.2) is 5.96 Å². The maximum Gasteiger partial charge on any atom is 0.246 e. The van der Waals surface area contributed by atoms with E-state index in [0.717, 1.165) is 19.3 Å². The molecule has 1 aromatic rings. The summed E-state index contributed by atoms with van der Waals surface area (Å²) in [5, 5.41) is 18.8. The van der Waals surface area contributed by atoms with Gasteiger partial charge >= 0.3 is 0 Å². The Morgan fingerprint density at radius 1 is 0.778 bits per heavy atom. The number of guanidine groups is 1. The molecule has 25 heteroatoms. The SMILES string of the molecule is CC(C)[C@@H]1NC(=O)[C@H](Cc2ccccc2)NC(=O)[C@@H](C(C)C)NC(=O)CC2(CCCCC2)SSC[C@@H](C(=O)N2CCC[C@H]2C(=O)N[C@@H](CCCN=C(N)N)C(=O)NCC(N)=O)NC(=O)[C@H](CC(N)=O)NC1=O. The molecule has 2 heterocycles. The first-order valence-corrected chi connectivity index (χ1v) is 26.8. The highest BCUT2D eigenvalue weighted by atomic mass is 33.1. The second kappa shape index (κ2) is 28.2. The second-order valence-corrected chi connectivity index (χ2v) is 22.0. The zero-order valence-electron chi connectivity index (χ0n) is 41.5. The lowest BCUT2D eigenvalue weighted by Gasteiger charge is -2.37. The Bertz CT molecular complexity index is 2140. The van der Waals surface area contributed by atoms with E-state index < -0.39 is 131 Å². The highest BCUT2D eigenvalue weighted by Gasteiger charge is 2.42. The van der Waals surface area contributed by atoms with Gasteiger partial charge in [0.2, 0.25) is 59.1 Å². The number of nitrogens with one attached hydrogen (secondary N) is 7. The van der Waals surface area contributed by atoms with Gasteiger partial charge in [-0.3, -0.25) is 52.9 Å². The molecule has 1 spiro atoms. The minimum absolute atomic E-state index is 0.0113. The minimum atomic E-state index is -1.64. The average Bonchev–Trinajstić information content (AvgIpc) is 3.82. The standard InChI is InChI=1S/C47H73N13O10S2/c1-26(2)37-43(68)55-30(21-28-13-7-5-8-14-28)41(66)59-38(27(3)4)44(69)56-31(22-34(48)61)40(65)57-32(25-71-72-47(23-36(63)58-37)17-9-6-10-18-47)45(70)60-20-12-16-33(60)42(67)54-29(15-11-19-52-46(50)51)39(64)53-24-35(49)62/h5,7-8,13-14,26-27,29-33,37-38H,6,9-12,15-25H2,1-4H3,(H2,48,61)(H2,49,62)(H,53,64)(H,54,67)(H,55,68)(H,56,69)(H,57,65)(H,58,63)(H,59,66)(H4,50,51,52)/t29-,30-,31-,32-,33-,37+,38-/m0/s1. The number of carbonyl (C=O) groups excluding carboxylic acids is 10. The van der Waals surface area contributed by atoms with Crippen LogP contribution in [0.5, 0.6) is 0 Å². The summed E-state index contributed by atoms with van der Waals surface area (Å²) in [7, 11) is 2.61. The van der Waals surface area contributed by atoms with Crippen LogP contribution in [-0.4, -0.2) is 142 Å². The van der Waals surface area contributed by atoms with Crippen LogP contribution in [-0.2, 0) is 54.4 Å². The molecule has 2 aliphatic heterocycles. The molecule has 2 saturated heterocycles. The topological polar surface area (TPSA) is 375 Å². The van der Waals surface area contributed by atoms with Gasteiger partial charge in [0.25, 0.3) is 0 Å². The normalized spacial score (nSPS) is 24.1. The van der Waals surface area contributed by atoms with Crippen molar-refractivity contribution >= 4 is 86.6 Å². The summed E-state index contributed by atoms with van der Waals surface area (Å²) in [6.07, 6.45) is 3.98. The molecule has 15 N–H and O–H groups in total. The first-order chi connectivity index (χ1) is 34.1. The summed E-state index contributed by atoms with van der Waals surface area (Å²) in [4.78, 5) is 142. The Labute approximate surface area is 428 Å². The molecule has 1 aliphatic carbocycles. The first kappa shape index (κ1) is 58.5. The van der Waals surface area contributed by atoms with Gasteiger partial charge < -0.3 is 65.1 Å². The van der Waals surface area contributed by atoms with Crippen molar-refractivity contribution in [2.75, 3.05) is 25.4 Å². The Hall–Kier alpha value is -6.11. The molecule has 10 amide bonds. The number of carbonyl (C=O) groups is 10. The number of aliphatic imine (C=N–C) groups is 1. The molecule has 3 fully saturated rings. The van der Waals surface area contributed by atoms with Gasteiger partial charge in [-0.1, -0.05) is 98.9 Å². The Kier molecular flexibility index (Phi) is 22.9. The summed E-state index contributed by atoms with van der Waals surface area (Å²) in [6.45, 7) is 6.56. The molecule has 4 rings (SSSR count). The van der Waals surface area contributed by atoms with E-state index >= 15 is 0 Å². The molecular formula is C47H73N13O10S2. The lowest BCUT2D eigenvalue weighted by atomic mass is 9.85. The number of rotatable bonds is 16. The van der Waals surface area contributed by atoms with E-state index in [4.69, 9.17) is 22.9 Å². The number of amides is 10. The van der Waals surface area contributed by atoms with E-state index in [2.05, 4.69) is 42.2 Å². The van der Waals surface area contributed by atoms with E-state index in [9.17, 15) is 47.9 Å². The Balaban J connectivity index is 1.72. The quantitative estimate of drug-likeness (QED) is 0.0387. The van der Waals surface area contributed by atoms with Crippen molar-refractivity contribution in [1.82, 2.24) is 42.1 Å². The van der Waals surface area contributed by atoms with Crippen LogP contribution in [0.1, 0.15) is 104 Å². The molecule has 72 heavy (non-hydrogen) atoms. The molecule has 23 nitrogen and oxygen atoms in total. The van der Waals surface area contributed by atoms with Crippen LogP contribution in [0.3, 0.4) is 0 Å². The van der Waals surface area contributed by atoms with Crippen molar-refractivity contribution in [2.45, 2.75) is 152 Å². The minimum Gasteiger partial charge on any atom is -0.370 e. The molecule has 7 atom stereocenters. The molecule has 0 aromatic heterocycles. The average molecular weight is 1040 g/mol. The molecule has 1 saturated carbocycles. The number of hydrogen-bond donors (Lipinski definition) is 11.